The molecule has 4 rings (SSSR count). The van der Waals surface area contributed by atoms with E-state index in [0.29, 0.717) is 0 Å². The van der Waals surface area contributed by atoms with Crippen LogP contribution in [0.25, 0.3) is 0 Å². The number of likely N-dealkylation sites (tertiary alicyclic amines) is 1. The molecule has 0 N–H and O–H groups in total. The normalized spacial score (nSPS) is 21.2. The maximum absolute atomic E-state index is 13.6. The lowest BCUT2D eigenvalue weighted by Crippen LogP contribution is -2.38. The van der Waals surface area contributed by atoms with Crippen molar-refractivity contribution in [3.8, 4) is 0 Å². The number of rotatable bonds is 3. The molecule has 0 aliphatic carbocycles. The van der Waals surface area contributed by atoms with Crippen molar-refractivity contribution in [3.05, 3.63) is 107 Å². The van der Waals surface area contributed by atoms with Crippen LogP contribution in [0.5, 0.6) is 0 Å². The van der Waals surface area contributed by atoms with Crippen LogP contribution in [0.4, 0.5) is 9.18 Å². The molecule has 1 amide bonds. The Bertz CT molecular complexity index is 1010. The lowest BCUT2D eigenvalue weighted by atomic mass is 9.86. The summed E-state index contributed by atoms with van der Waals surface area (Å²) in [6, 6.07) is 26.4. The Morgan fingerprint density at radius 3 is 1.94 bits per heavy atom. The van der Waals surface area contributed by atoms with E-state index in [2.05, 4.69) is 24.3 Å². The van der Waals surface area contributed by atoms with Gasteiger partial charge in [0.05, 0.1) is 12.1 Å². The average molecular weight is 418 g/mol. The Balaban J connectivity index is 1.84. The highest BCUT2D eigenvalue weighted by atomic mass is 19.1. The molecular formula is C27H28FNO2. The predicted molar refractivity (Wildman–Crippen MR) is 120 cm³/mol. The standard InChI is InChI=1S/C27H28FNO2/c1-27(2,3)31-26(30)29-24(20-14-16-22(28)17-15-20)18-23(19-10-6-4-7-11-19)25(29)21-12-8-5-9-13-21/h4-17,23-25H,18H2,1-3H3/t23-,24+,25+/m1/s1. The monoisotopic (exact) mass is 417 g/mol. The number of hydrogen-bond donors (Lipinski definition) is 0. The van der Waals surface area contributed by atoms with E-state index in [-0.39, 0.29) is 29.9 Å². The van der Waals surface area contributed by atoms with Gasteiger partial charge >= 0.3 is 6.09 Å². The summed E-state index contributed by atoms with van der Waals surface area (Å²) in [4.78, 5) is 15.4. The summed E-state index contributed by atoms with van der Waals surface area (Å²) >= 11 is 0. The molecule has 0 saturated carbocycles. The molecule has 3 aromatic rings. The number of carbonyl (C=O) groups is 1. The number of benzene rings is 3. The molecule has 0 spiro atoms. The van der Waals surface area contributed by atoms with Crippen molar-refractivity contribution in [1.82, 2.24) is 4.90 Å². The largest absolute Gasteiger partial charge is 0.444 e. The number of carbonyl (C=O) groups excluding carboxylic acids is 1. The first-order chi connectivity index (χ1) is 14.8. The Morgan fingerprint density at radius 2 is 1.39 bits per heavy atom. The van der Waals surface area contributed by atoms with Crippen molar-refractivity contribution >= 4 is 6.09 Å². The van der Waals surface area contributed by atoms with Crippen molar-refractivity contribution in [2.75, 3.05) is 0 Å². The third-order valence-electron chi connectivity index (χ3n) is 5.72. The summed E-state index contributed by atoms with van der Waals surface area (Å²) in [5, 5.41) is 0. The fourth-order valence-electron chi connectivity index (χ4n) is 4.47. The highest BCUT2D eigenvalue weighted by Gasteiger charge is 2.47. The Kier molecular flexibility index (Phi) is 5.81. The summed E-state index contributed by atoms with van der Waals surface area (Å²) in [5.41, 5.74) is 2.53. The van der Waals surface area contributed by atoms with E-state index in [9.17, 15) is 9.18 Å². The SMILES string of the molecule is CC(C)(C)OC(=O)N1[C@H](c2ccc(F)cc2)C[C@H](c2ccccc2)[C@@H]1c1ccccc1. The van der Waals surface area contributed by atoms with Crippen LogP contribution in [0.15, 0.2) is 84.9 Å². The zero-order valence-electron chi connectivity index (χ0n) is 18.2. The lowest BCUT2D eigenvalue weighted by Gasteiger charge is -2.34. The first kappa shape index (κ1) is 21.1. The summed E-state index contributed by atoms with van der Waals surface area (Å²) in [6.45, 7) is 5.63. The van der Waals surface area contributed by atoms with E-state index in [1.165, 1.54) is 17.7 Å². The van der Waals surface area contributed by atoms with Crippen molar-refractivity contribution in [2.24, 2.45) is 0 Å². The summed E-state index contributed by atoms with van der Waals surface area (Å²) < 4.78 is 19.5. The second-order valence-corrected chi connectivity index (χ2v) is 9.06. The Morgan fingerprint density at radius 1 is 0.839 bits per heavy atom. The van der Waals surface area contributed by atoms with Gasteiger partial charge in [-0.1, -0.05) is 72.8 Å². The van der Waals surface area contributed by atoms with Crippen LogP contribution in [0.3, 0.4) is 0 Å². The van der Waals surface area contributed by atoms with Crippen LogP contribution >= 0.6 is 0 Å². The zero-order chi connectivity index (χ0) is 22.0. The van der Waals surface area contributed by atoms with Gasteiger partial charge in [0, 0.05) is 5.92 Å². The second-order valence-electron chi connectivity index (χ2n) is 9.06. The van der Waals surface area contributed by atoms with Gasteiger partial charge in [0.25, 0.3) is 0 Å². The number of ether oxygens (including phenoxy) is 1. The molecule has 160 valence electrons. The van der Waals surface area contributed by atoms with Gasteiger partial charge in [-0.25, -0.2) is 9.18 Å². The number of nitrogens with zero attached hydrogens (tertiary/aromatic N) is 1. The Hall–Kier alpha value is -3.14. The van der Waals surface area contributed by atoms with E-state index in [4.69, 9.17) is 4.74 Å². The van der Waals surface area contributed by atoms with Crippen molar-refractivity contribution < 1.29 is 13.9 Å². The van der Waals surface area contributed by atoms with Crippen LogP contribution < -0.4 is 0 Å². The third kappa shape index (κ3) is 4.63. The molecule has 1 aliphatic rings. The minimum atomic E-state index is -0.615. The number of amides is 1. The van der Waals surface area contributed by atoms with Gasteiger partial charge in [-0.15, -0.1) is 0 Å². The molecule has 3 nitrogen and oxygen atoms in total. The smallest absolute Gasteiger partial charge is 0.411 e. The van der Waals surface area contributed by atoms with Crippen molar-refractivity contribution in [1.29, 1.82) is 0 Å². The predicted octanol–water partition coefficient (Wildman–Crippen LogP) is 7.03. The van der Waals surface area contributed by atoms with Gasteiger partial charge in [-0.2, -0.15) is 0 Å². The highest BCUT2D eigenvalue weighted by Crippen LogP contribution is 2.52. The Labute approximate surface area is 183 Å². The van der Waals surface area contributed by atoms with Gasteiger partial charge in [0.15, 0.2) is 0 Å². The molecule has 1 heterocycles. The molecule has 31 heavy (non-hydrogen) atoms. The molecule has 3 aromatic carbocycles. The summed E-state index contributed by atoms with van der Waals surface area (Å²) in [7, 11) is 0. The lowest BCUT2D eigenvalue weighted by molar-refractivity contribution is 0.0135. The minimum Gasteiger partial charge on any atom is -0.444 e. The van der Waals surface area contributed by atoms with Crippen LogP contribution in [-0.2, 0) is 4.74 Å². The topological polar surface area (TPSA) is 29.5 Å². The van der Waals surface area contributed by atoms with Crippen LogP contribution in [0, 0.1) is 5.82 Å². The molecule has 0 bridgehead atoms. The van der Waals surface area contributed by atoms with Crippen LogP contribution in [-0.4, -0.2) is 16.6 Å². The molecule has 1 saturated heterocycles. The van der Waals surface area contributed by atoms with E-state index >= 15 is 0 Å². The minimum absolute atomic E-state index is 0.0890. The molecule has 1 aliphatic heterocycles. The van der Waals surface area contributed by atoms with Crippen molar-refractivity contribution in [2.45, 2.75) is 50.8 Å². The van der Waals surface area contributed by atoms with E-state index in [1.807, 2.05) is 62.1 Å². The second kappa shape index (κ2) is 8.54. The maximum Gasteiger partial charge on any atom is 0.411 e. The molecule has 4 heteroatoms. The zero-order valence-corrected chi connectivity index (χ0v) is 18.2. The van der Waals surface area contributed by atoms with Crippen LogP contribution in [0.1, 0.15) is 61.9 Å². The van der Waals surface area contributed by atoms with E-state index < -0.39 is 5.60 Å². The summed E-state index contributed by atoms with van der Waals surface area (Å²) in [6.07, 6.45) is 0.378. The van der Waals surface area contributed by atoms with Crippen molar-refractivity contribution in [3.63, 3.8) is 0 Å². The number of halogens is 1. The molecule has 3 atom stereocenters. The molecule has 0 unspecified atom stereocenters. The van der Waals surface area contributed by atoms with Crippen LogP contribution in [0.2, 0.25) is 0 Å². The highest BCUT2D eigenvalue weighted by molar-refractivity contribution is 5.71. The fraction of sp³-hybridized carbons (Fsp3) is 0.296. The summed E-state index contributed by atoms with van der Waals surface area (Å²) in [5.74, 6) is -0.198. The van der Waals surface area contributed by atoms with Gasteiger partial charge in [-0.3, -0.25) is 4.90 Å². The van der Waals surface area contributed by atoms with E-state index in [1.54, 1.807) is 12.1 Å². The third-order valence-corrected chi connectivity index (χ3v) is 5.72. The maximum atomic E-state index is 13.6. The van der Waals surface area contributed by atoms with Gasteiger partial charge in [0.1, 0.15) is 11.4 Å². The molecular weight excluding hydrogens is 389 g/mol. The van der Waals surface area contributed by atoms with Gasteiger partial charge in [-0.05, 0) is 56.0 Å². The first-order valence-electron chi connectivity index (χ1n) is 10.7. The molecule has 0 aromatic heterocycles. The number of hydrogen-bond acceptors (Lipinski definition) is 2. The quantitative estimate of drug-likeness (QED) is 0.458. The van der Waals surface area contributed by atoms with E-state index in [0.717, 1.165) is 17.5 Å². The molecule has 1 fully saturated rings. The van der Waals surface area contributed by atoms with Gasteiger partial charge < -0.3 is 4.74 Å². The van der Waals surface area contributed by atoms with Gasteiger partial charge in [0.2, 0.25) is 0 Å². The first-order valence-corrected chi connectivity index (χ1v) is 10.7. The average Bonchev–Trinajstić information content (AvgIpc) is 3.15. The molecule has 0 radical (unpaired) electrons. The fourth-order valence-corrected chi connectivity index (χ4v) is 4.47.